The van der Waals surface area contributed by atoms with Gasteiger partial charge in [0.15, 0.2) is 0 Å². The van der Waals surface area contributed by atoms with Gasteiger partial charge in [0.25, 0.3) is 0 Å². The van der Waals surface area contributed by atoms with Gasteiger partial charge in [-0.25, -0.2) is 4.39 Å². The van der Waals surface area contributed by atoms with Crippen molar-refractivity contribution in [3.05, 3.63) is 35.1 Å². The predicted molar refractivity (Wildman–Crippen MR) is 57.0 cm³/mol. The van der Waals surface area contributed by atoms with E-state index in [2.05, 4.69) is 5.32 Å². The normalized spacial score (nSPS) is 17.8. The van der Waals surface area contributed by atoms with Crippen LogP contribution in [0.5, 0.6) is 0 Å². The van der Waals surface area contributed by atoms with Crippen molar-refractivity contribution in [1.82, 2.24) is 5.32 Å². The molecular weight excluding hydrogens is 193 g/mol. The topological polar surface area (TPSA) is 32.3 Å². The van der Waals surface area contributed by atoms with Gasteiger partial charge in [0.2, 0.25) is 0 Å². The summed E-state index contributed by atoms with van der Waals surface area (Å²) < 4.78 is 13.1. The fraction of sp³-hybridized carbons (Fsp3) is 0.500. The molecule has 0 unspecified atom stereocenters. The van der Waals surface area contributed by atoms with Crippen molar-refractivity contribution in [2.45, 2.75) is 31.8 Å². The maximum absolute atomic E-state index is 13.1. The monoisotopic (exact) mass is 209 g/mol. The third-order valence-electron chi connectivity index (χ3n) is 2.93. The van der Waals surface area contributed by atoms with Gasteiger partial charge < -0.3 is 10.4 Å². The molecule has 0 amide bonds. The molecule has 0 bridgehead atoms. The Morgan fingerprint density at radius 1 is 1.40 bits per heavy atom. The Morgan fingerprint density at radius 3 is 2.67 bits per heavy atom. The fourth-order valence-corrected chi connectivity index (χ4v) is 1.75. The molecule has 1 fully saturated rings. The van der Waals surface area contributed by atoms with Crippen LogP contribution in [0.1, 0.15) is 24.0 Å². The van der Waals surface area contributed by atoms with E-state index in [1.54, 1.807) is 0 Å². The van der Waals surface area contributed by atoms with Gasteiger partial charge in [0.1, 0.15) is 5.82 Å². The molecule has 0 aliphatic heterocycles. The largest absolute Gasteiger partial charge is 0.394 e. The lowest BCUT2D eigenvalue weighted by Crippen LogP contribution is -2.34. The Hall–Kier alpha value is -0.930. The summed E-state index contributed by atoms with van der Waals surface area (Å²) >= 11 is 0. The standard InChI is InChI=1S/C12H16FNO/c1-9-4-10(6-11(13)5-9)7-14-12(8-15)2-3-12/h4-6,14-15H,2-3,7-8H2,1H3. The number of hydrogen-bond donors (Lipinski definition) is 2. The molecule has 0 aromatic heterocycles. The molecule has 0 radical (unpaired) electrons. The van der Waals surface area contributed by atoms with Crippen molar-refractivity contribution in [2.75, 3.05) is 6.61 Å². The number of halogens is 1. The highest BCUT2D eigenvalue weighted by Gasteiger charge is 2.41. The molecule has 82 valence electrons. The van der Waals surface area contributed by atoms with Crippen LogP contribution in [0.25, 0.3) is 0 Å². The number of aliphatic hydroxyl groups is 1. The first-order valence-electron chi connectivity index (χ1n) is 5.26. The molecule has 15 heavy (non-hydrogen) atoms. The molecule has 2 nitrogen and oxygen atoms in total. The predicted octanol–water partition coefficient (Wildman–Crippen LogP) is 1.75. The Kier molecular flexibility index (Phi) is 2.76. The molecule has 0 saturated heterocycles. The number of benzene rings is 1. The van der Waals surface area contributed by atoms with Crippen molar-refractivity contribution in [3.63, 3.8) is 0 Å². The Bertz CT molecular complexity index is 340. The SMILES string of the molecule is Cc1cc(F)cc(CNC2(CO)CC2)c1. The van der Waals surface area contributed by atoms with E-state index in [-0.39, 0.29) is 18.0 Å². The zero-order chi connectivity index (χ0) is 10.9. The summed E-state index contributed by atoms with van der Waals surface area (Å²) in [6.07, 6.45) is 2.02. The van der Waals surface area contributed by atoms with Gasteiger partial charge >= 0.3 is 0 Å². The van der Waals surface area contributed by atoms with Crippen LogP contribution >= 0.6 is 0 Å². The molecule has 0 spiro atoms. The third kappa shape index (κ3) is 2.55. The van der Waals surface area contributed by atoms with Crippen molar-refractivity contribution in [2.24, 2.45) is 0 Å². The van der Waals surface area contributed by atoms with E-state index < -0.39 is 0 Å². The van der Waals surface area contributed by atoms with E-state index in [1.807, 2.05) is 13.0 Å². The van der Waals surface area contributed by atoms with E-state index in [0.29, 0.717) is 6.54 Å². The maximum Gasteiger partial charge on any atom is 0.123 e. The van der Waals surface area contributed by atoms with E-state index >= 15 is 0 Å². The smallest absolute Gasteiger partial charge is 0.123 e. The highest BCUT2D eigenvalue weighted by atomic mass is 19.1. The highest BCUT2D eigenvalue weighted by molar-refractivity contribution is 5.24. The number of hydrogen-bond acceptors (Lipinski definition) is 2. The van der Waals surface area contributed by atoms with Crippen LogP contribution in [0.15, 0.2) is 18.2 Å². The number of rotatable bonds is 4. The highest BCUT2D eigenvalue weighted by Crippen LogP contribution is 2.34. The molecule has 1 aromatic rings. The van der Waals surface area contributed by atoms with Crippen LogP contribution in [0.2, 0.25) is 0 Å². The van der Waals surface area contributed by atoms with E-state index in [0.717, 1.165) is 24.0 Å². The minimum Gasteiger partial charge on any atom is -0.394 e. The van der Waals surface area contributed by atoms with Gasteiger partial charge in [0.05, 0.1) is 6.61 Å². The summed E-state index contributed by atoms with van der Waals surface area (Å²) in [5.41, 5.74) is 1.79. The lowest BCUT2D eigenvalue weighted by atomic mass is 10.1. The van der Waals surface area contributed by atoms with Gasteiger partial charge in [0, 0.05) is 12.1 Å². The van der Waals surface area contributed by atoms with Crippen molar-refractivity contribution in [1.29, 1.82) is 0 Å². The fourth-order valence-electron chi connectivity index (χ4n) is 1.75. The molecule has 1 aliphatic carbocycles. The summed E-state index contributed by atoms with van der Waals surface area (Å²) in [6, 6.07) is 5.01. The molecule has 1 aromatic carbocycles. The molecule has 1 saturated carbocycles. The van der Waals surface area contributed by atoms with Crippen molar-refractivity contribution >= 4 is 0 Å². The van der Waals surface area contributed by atoms with E-state index in [1.165, 1.54) is 12.1 Å². The first kappa shape index (κ1) is 10.6. The lowest BCUT2D eigenvalue weighted by molar-refractivity contribution is 0.229. The van der Waals surface area contributed by atoms with E-state index in [9.17, 15) is 4.39 Å². The van der Waals surface area contributed by atoms with Crippen LogP contribution in [0.4, 0.5) is 4.39 Å². The minimum absolute atomic E-state index is 0.0831. The van der Waals surface area contributed by atoms with Gasteiger partial charge in [-0.3, -0.25) is 0 Å². The molecule has 3 heteroatoms. The van der Waals surface area contributed by atoms with Gasteiger partial charge in [-0.2, -0.15) is 0 Å². The minimum atomic E-state index is -0.194. The van der Waals surface area contributed by atoms with Gasteiger partial charge in [-0.15, -0.1) is 0 Å². The van der Waals surface area contributed by atoms with Crippen molar-refractivity contribution in [3.8, 4) is 0 Å². The summed E-state index contributed by atoms with van der Waals surface area (Å²) in [4.78, 5) is 0. The average molecular weight is 209 g/mol. The maximum atomic E-state index is 13.1. The van der Waals surface area contributed by atoms with E-state index in [4.69, 9.17) is 5.11 Å². The van der Waals surface area contributed by atoms with Crippen LogP contribution < -0.4 is 5.32 Å². The zero-order valence-electron chi connectivity index (χ0n) is 8.89. The van der Waals surface area contributed by atoms with Crippen LogP contribution in [-0.4, -0.2) is 17.3 Å². The number of aliphatic hydroxyl groups excluding tert-OH is 1. The number of aryl methyl sites for hydroxylation is 1. The first-order chi connectivity index (χ1) is 7.13. The Labute approximate surface area is 89.1 Å². The average Bonchev–Trinajstić information content (AvgIpc) is 2.94. The summed E-state index contributed by atoms with van der Waals surface area (Å²) in [5, 5.41) is 12.4. The Morgan fingerprint density at radius 2 is 2.13 bits per heavy atom. The van der Waals surface area contributed by atoms with Gasteiger partial charge in [-0.1, -0.05) is 6.07 Å². The molecule has 2 N–H and O–H groups in total. The molecular formula is C12H16FNO. The summed E-state index contributed by atoms with van der Waals surface area (Å²) in [5.74, 6) is -0.194. The van der Waals surface area contributed by atoms with Gasteiger partial charge in [-0.05, 0) is 43.0 Å². The number of nitrogens with one attached hydrogen (secondary N) is 1. The van der Waals surface area contributed by atoms with Crippen LogP contribution in [0.3, 0.4) is 0 Å². The second-order valence-electron chi connectivity index (χ2n) is 4.43. The van der Waals surface area contributed by atoms with Crippen molar-refractivity contribution < 1.29 is 9.50 Å². The van der Waals surface area contributed by atoms with Crippen LogP contribution in [0, 0.1) is 12.7 Å². The Balaban J connectivity index is 1.99. The summed E-state index contributed by atoms with van der Waals surface area (Å²) in [6.45, 7) is 2.67. The quantitative estimate of drug-likeness (QED) is 0.791. The molecule has 1 aliphatic rings. The zero-order valence-corrected chi connectivity index (χ0v) is 8.89. The first-order valence-corrected chi connectivity index (χ1v) is 5.26. The molecule has 0 heterocycles. The molecule has 0 atom stereocenters. The second kappa shape index (κ2) is 3.91. The van der Waals surface area contributed by atoms with Crippen LogP contribution in [-0.2, 0) is 6.54 Å². The second-order valence-corrected chi connectivity index (χ2v) is 4.43. The third-order valence-corrected chi connectivity index (χ3v) is 2.93. The lowest BCUT2D eigenvalue weighted by Gasteiger charge is -2.14. The molecule has 2 rings (SSSR count). The summed E-state index contributed by atoms with van der Waals surface area (Å²) in [7, 11) is 0.